The number of anilines is 1. The van der Waals surface area contributed by atoms with Gasteiger partial charge in [-0.05, 0) is 31.0 Å². The van der Waals surface area contributed by atoms with Crippen LogP contribution in [0.1, 0.15) is 12.8 Å². The van der Waals surface area contributed by atoms with Crippen molar-refractivity contribution in [2.45, 2.75) is 12.8 Å². The summed E-state index contributed by atoms with van der Waals surface area (Å²) in [5.41, 5.74) is 0.609. The van der Waals surface area contributed by atoms with Crippen molar-refractivity contribution in [3.63, 3.8) is 0 Å². The van der Waals surface area contributed by atoms with Crippen molar-refractivity contribution in [1.82, 2.24) is 19.4 Å². The maximum Gasteiger partial charge on any atom is 0.316 e. The van der Waals surface area contributed by atoms with Crippen LogP contribution in [-0.4, -0.2) is 39.0 Å². The third-order valence-corrected chi connectivity index (χ3v) is 4.39. The van der Waals surface area contributed by atoms with Crippen LogP contribution >= 0.6 is 0 Å². The summed E-state index contributed by atoms with van der Waals surface area (Å²) in [5, 5.41) is 0. The largest absolute Gasteiger partial charge is 0.463 e. The summed E-state index contributed by atoms with van der Waals surface area (Å²) in [6, 6.07) is 9.34. The highest BCUT2D eigenvalue weighted by Crippen LogP contribution is 2.21. The second-order valence-electron chi connectivity index (χ2n) is 6.18. The molecule has 128 valence electrons. The van der Waals surface area contributed by atoms with Crippen molar-refractivity contribution in [2.75, 3.05) is 24.6 Å². The second-order valence-corrected chi connectivity index (χ2v) is 6.18. The molecule has 0 amide bonds. The third-order valence-electron chi connectivity index (χ3n) is 4.39. The predicted molar refractivity (Wildman–Crippen MR) is 93.9 cm³/mol. The normalized spacial score (nSPS) is 17.6. The number of hydrogen-bond acceptors (Lipinski definition) is 6. The van der Waals surface area contributed by atoms with Gasteiger partial charge in [-0.25, -0.2) is 15.0 Å². The first kappa shape index (κ1) is 15.6. The summed E-state index contributed by atoms with van der Waals surface area (Å²) in [4.78, 5) is 27.3. The molecular weight excluding hydrogens is 318 g/mol. The van der Waals surface area contributed by atoms with E-state index in [-0.39, 0.29) is 5.56 Å². The first-order chi connectivity index (χ1) is 12.3. The first-order valence-electron chi connectivity index (χ1n) is 8.43. The van der Waals surface area contributed by atoms with Gasteiger partial charge in [0.15, 0.2) is 0 Å². The van der Waals surface area contributed by atoms with E-state index in [2.05, 4.69) is 19.9 Å². The molecule has 1 saturated heterocycles. The molecular formula is C18H19N5O2. The lowest BCUT2D eigenvalue weighted by molar-refractivity contribution is 0.214. The van der Waals surface area contributed by atoms with E-state index in [9.17, 15) is 4.79 Å². The summed E-state index contributed by atoms with van der Waals surface area (Å²) >= 11 is 0. The van der Waals surface area contributed by atoms with Crippen LogP contribution in [0.4, 0.5) is 5.82 Å². The number of piperidine rings is 1. The third kappa shape index (κ3) is 3.45. The minimum absolute atomic E-state index is 0.0586. The Morgan fingerprint density at radius 3 is 2.96 bits per heavy atom. The average Bonchev–Trinajstić information content (AvgIpc) is 2.67. The van der Waals surface area contributed by atoms with Crippen LogP contribution in [0.15, 0.2) is 53.7 Å². The molecule has 1 atom stereocenters. The average molecular weight is 337 g/mol. The molecule has 4 heterocycles. The van der Waals surface area contributed by atoms with E-state index in [4.69, 9.17) is 4.74 Å². The van der Waals surface area contributed by atoms with Crippen molar-refractivity contribution in [3.8, 4) is 6.01 Å². The molecule has 7 heteroatoms. The second kappa shape index (κ2) is 6.88. The Hall–Kier alpha value is -2.96. The highest BCUT2D eigenvalue weighted by atomic mass is 16.5. The summed E-state index contributed by atoms with van der Waals surface area (Å²) in [6.07, 6.45) is 7.19. The lowest BCUT2D eigenvalue weighted by Crippen LogP contribution is -2.39. The molecule has 0 saturated carbocycles. The maximum absolute atomic E-state index is 12.3. The molecule has 0 aromatic carbocycles. The molecule has 3 aromatic heterocycles. The van der Waals surface area contributed by atoms with E-state index in [1.165, 1.54) is 0 Å². The van der Waals surface area contributed by atoms with Gasteiger partial charge in [0.1, 0.15) is 11.5 Å². The zero-order valence-electron chi connectivity index (χ0n) is 13.8. The van der Waals surface area contributed by atoms with Gasteiger partial charge in [0.2, 0.25) is 0 Å². The van der Waals surface area contributed by atoms with Crippen LogP contribution in [0.25, 0.3) is 5.65 Å². The van der Waals surface area contributed by atoms with Gasteiger partial charge in [-0.1, -0.05) is 6.07 Å². The van der Waals surface area contributed by atoms with Crippen LogP contribution in [0, 0.1) is 5.92 Å². The lowest BCUT2D eigenvalue weighted by atomic mass is 9.99. The Bertz CT molecular complexity index is 912. The van der Waals surface area contributed by atoms with Gasteiger partial charge >= 0.3 is 6.01 Å². The molecule has 1 unspecified atom stereocenters. The quantitative estimate of drug-likeness (QED) is 0.723. The van der Waals surface area contributed by atoms with E-state index in [0.717, 1.165) is 31.7 Å². The number of rotatable bonds is 4. The van der Waals surface area contributed by atoms with Gasteiger partial charge in [-0.15, -0.1) is 0 Å². The predicted octanol–water partition coefficient (Wildman–Crippen LogP) is 1.78. The topological polar surface area (TPSA) is 72.6 Å². The molecule has 0 radical (unpaired) electrons. The Kier molecular flexibility index (Phi) is 4.28. The fraction of sp³-hybridized carbons (Fsp3) is 0.333. The highest BCUT2D eigenvalue weighted by Gasteiger charge is 2.22. The summed E-state index contributed by atoms with van der Waals surface area (Å²) in [5.74, 6) is 1.09. The summed E-state index contributed by atoms with van der Waals surface area (Å²) < 4.78 is 7.24. The number of pyridine rings is 1. The number of aromatic nitrogens is 4. The van der Waals surface area contributed by atoms with Gasteiger partial charge < -0.3 is 9.64 Å². The zero-order chi connectivity index (χ0) is 17.1. The molecule has 3 aromatic rings. The molecule has 0 N–H and O–H groups in total. The molecule has 1 fully saturated rings. The molecule has 25 heavy (non-hydrogen) atoms. The standard InChI is InChI=1S/C18H19N5O2/c24-17-11-16(21-15-6-1-2-10-23(15)17)22-9-3-5-14(12-22)13-25-18-19-7-4-8-20-18/h1-2,4,6-8,10-11,14H,3,5,9,12-13H2. The lowest BCUT2D eigenvalue weighted by Gasteiger charge is -2.33. The van der Waals surface area contributed by atoms with E-state index < -0.39 is 0 Å². The van der Waals surface area contributed by atoms with E-state index in [1.807, 2.05) is 18.2 Å². The summed E-state index contributed by atoms with van der Waals surface area (Å²) in [6.45, 7) is 2.27. The minimum Gasteiger partial charge on any atom is -0.463 e. The Balaban J connectivity index is 1.48. The van der Waals surface area contributed by atoms with Crippen LogP contribution in [0.2, 0.25) is 0 Å². The van der Waals surface area contributed by atoms with Crippen molar-refractivity contribution < 1.29 is 4.74 Å². The van der Waals surface area contributed by atoms with E-state index in [1.54, 1.807) is 35.1 Å². The number of hydrogen-bond donors (Lipinski definition) is 0. The van der Waals surface area contributed by atoms with Gasteiger partial charge in [-0.2, -0.15) is 0 Å². The molecule has 1 aliphatic rings. The molecule has 1 aliphatic heterocycles. The number of ether oxygens (including phenoxy) is 1. The molecule has 0 spiro atoms. The Labute approximate surface area is 144 Å². The van der Waals surface area contributed by atoms with Crippen molar-refractivity contribution in [3.05, 3.63) is 59.3 Å². The SMILES string of the molecule is O=c1cc(N2CCCC(COc3ncccn3)C2)nc2ccccn12. The van der Waals surface area contributed by atoms with E-state index >= 15 is 0 Å². The molecule has 0 bridgehead atoms. The van der Waals surface area contributed by atoms with Crippen molar-refractivity contribution in [2.24, 2.45) is 5.92 Å². The van der Waals surface area contributed by atoms with Gasteiger partial charge in [0.25, 0.3) is 5.56 Å². The van der Waals surface area contributed by atoms with Crippen LogP contribution < -0.4 is 15.2 Å². The summed E-state index contributed by atoms with van der Waals surface area (Å²) in [7, 11) is 0. The van der Waals surface area contributed by atoms with Gasteiger partial charge in [0.05, 0.1) is 6.61 Å². The van der Waals surface area contributed by atoms with Crippen LogP contribution in [-0.2, 0) is 0 Å². The van der Waals surface area contributed by atoms with E-state index in [0.29, 0.717) is 24.2 Å². The zero-order valence-corrected chi connectivity index (χ0v) is 13.8. The number of nitrogens with zero attached hydrogens (tertiary/aromatic N) is 5. The Morgan fingerprint density at radius 1 is 1.20 bits per heavy atom. The van der Waals surface area contributed by atoms with Crippen LogP contribution in [0.5, 0.6) is 6.01 Å². The highest BCUT2D eigenvalue weighted by molar-refractivity contribution is 5.48. The van der Waals surface area contributed by atoms with Gasteiger partial charge in [0, 0.05) is 43.7 Å². The monoisotopic (exact) mass is 337 g/mol. The number of fused-ring (bicyclic) bond motifs is 1. The fourth-order valence-corrected chi connectivity index (χ4v) is 3.16. The first-order valence-corrected chi connectivity index (χ1v) is 8.43. The molecule has 7 nitrogen and oxygen atoms in total. The molecule has 0 aliphatic carbocycles. The van der Waals surface area contributed by atoms with Crippen molar-refractivity contribution in [1.29, 1.82) is 0 Å². The minimum atomic E-state index is -0.0586. The maximum atomic E-state index is 12.3. The van der Waals surface area contributed by atoms with Crippen LogP contribution in [0.3, 0.4) is 0 Å². The van der Waals surface area contributed by atoms with Gasteiger partial charge in [-0.3, -0.25) is 9.20 Å². The fourth-order valence-electron chi connectivity index (χ4n) is 3.16. The molecule has 4 rings (SSSR count). The smallest absolute Gasteiger partial charge is 0.316 e. The van der Waals surface area contributed by atoms with Crippen molar-refractivity contribution >= 4 is 11.5 Å². The Morgan fingerprint density at radius 2 is 2.08 bits per heavy atom.